The van der Waals surface area contributed by atoms with Gasteiger partial charge in [-0.1, -0.05) is 24.6 Å². The van der Waals surface area contributed by atoms with Gasteiger partial charge in [-0.25, -0.2) is 39.8 Å². The van der Waals surface area contributed by atoms with Crippen LogP contribution in [-0.4, -0.2) is 127 Å². The van der Waals surface area contributed by atoms with Gasteiger partial charge in [-0.15, -0.1) is 12.4 Å². The fraction of sp³-hybridized carbons (Fsp3) is 0.490. The predicted molar refractivity (Wildman–Crippen MR) is 302 cm³/mol. The molecular weight excluding hydrogens is 1110 g/mol. The van der Waals surface area contributed by atoms with E-state index < -0.39 is 50.7 Å². The number of ether oxygens (including phenoxy) is 5. The van der Waals surface area contributed by atoms with E-state index in [1.54, 1.807) is 80.4 Å². The standard InChI is InChI=1S/C26H34N7O5P.C9H14N5O4P.C9H17NO3.C7H5NO.ClH/c1-18(14-33-16-31-22-23(27)29-15-30-24(22)33)36-17-39(35,38-21-12-8-9-19(13-21)28-4)32-26(2,3)25(34)37-20-10-6-5-7-11-20;1-6(18-5-19(15,16)17)2-14-4-13-7-8(10)11-3-12-9(7)14;1-9(2,10)8(11)13-7-3-5-12-6-4-7;8-5-6-2-1-3-7(9)4-6;/h8-9,12-13,15-16,18,20H,5-7,10-11,14,17H2,1-3H3,(H,32,35)(H2,27,29,30);3-4,6H,2,5H2,1H3,(H2,10,11,12)(H2,15,16,17);7H,3-6,10H2,1-2H3;1-4,9H;1H/t18-,39?;6-;;;/m11.../s1. The molecule has 5 heterocycles. The van der Waals surface area contributed by atoms with E-state index in [0.717, 1.165) is 44.9 Å². The number of phenols is 1. The van der Waals surface area contributed by atoms with Crippen molar-refractivity contribution in [2.45, 2.75) is 135 Å². The summed E-state index contributed by atoms with van der Waals surface area (Å²) in [4.78, 5) is 69.7. The Balaban J connectivity index is 0.000000275. The van der Waals surface area contributed by atoms with Crippen molar-refractivity contribution in [1.29, 1.82) is 5.26 Å². The number of nitriles is 1. The average molecular weight is 1190 g/mol. The number of hydrogen-bond donors (Lipinski definition) is 7. The molecule has 1 aliphatic carbocycles. The van der Waals surface area contributed by atoms with Crippen LogP contribution in [0.5, 0.6) is 11.5 Å². The number of carbonyl (C=O) groups is 2. The van der Waals surface area contributed by atoms with Crippen LogP contribution in [-0.2, 0) is 55.5 Å². The summed E-state index contributed by atoms with van der Waals surface area (Å²) in [5.74, 6) is 0.0718. The van der Waals surface area contributed by atoms with Crippen molar-refractivity contribution in [3.8, 4) is 17.6 Å². The molecule has 27 nitrogen and oxygen atoms in total. The Bertz CT molecular complexity index is 3180. The molecule has 0 bridgehead atoms. The highest BCUT2D eigenvalue weighted by Gasteiger charge is 2.41. The third-order valence-corrected chi connectivity index (χ3v) is 14.1. The van der Waals surface area contributed by atoms with Crippen LogP contribution in [0.3, 0.4) is 0 Å². The van der Waals surface area contributed by atoms with E-state index in [-0.39, 0.29) is 60.1 Å². The Kier molecular flexibility index (Phi) is 25.3. The fourth-order valence-electron chi connectivity index (χ4n) is 7.66. The minimum Gasteiger partial charge on any atom is -0.508 e. The van der Waals surface area contributed by atoms with E-state index in [1.165, 1.54) is 37.2 Å². The normalized spacial score (nSPS) is 15.4. The first-order valence-corrected chi connectivity index (χ1v) is 29.0. The highest BCUT2D eigenvalue weighted by atomic mass is 35.5. The molecule has 1 unspecified atom stereocenters. The molecule has 0 radical (unpaired) electrons. The molecule has 0 spiro atoms. The van der Waals surface area contributed by atoms with Crippen molar-refractivity contribution in [2.75, 3.05) is 37.4 Å². The number of hydrogen-bond acceptors (Lipinski definition) is 21. The van der Waals surface area contributed by atoms with E-state index >= 15 is 0 Å². The van der Waals surface area contributed by atoms with Crippen molar-refractivity contribution >= 4 is 79.1 Å². The quantitative estimate of drug-likeness (QED) is 0.0261. The Morgan fingerprint density at radius 2 is 1.35 bits per heavy atom. The van der Waals surface area contributed by atoms with Crippen LogP contribution < -0.4 is 26.8 Å². The lowest BCUT2D eigenvalue weighted by atomic mass is 9.97. The van der Waals surface area contributed by atoms with Crippen LogP contribution in [0.25, 0.3) is 27.2 Å². The molecule has 30 heteroatoms. The number of phenolic OH excluding ortho intramolecular Hbond substituents is 1. The maximum atomic E-state index is 14.2. The van der Waals surface area contributed by atoms with Gasteiger partial charge in [0.25, 0.3) is 0 Å². The van der Waals surface area contributed by atoms with Crippen LogP contribution in [0, 0.1) is 17.9 Å². The van der Waals surface area contributed by atoms with Gasteiger partial charge in [0.2, 0.25) is 0 Å². The summed E-state index contributed by atoms with van der Waals surface area (Å²) in [7, 11) is -8.00. The number of imidazole rings is 2. The van der Waals surface area contributed by atoms with Crippen molar-refractivity contribution in [1.82, 2.24) is 44.1 Å². The second kappa shape index (κ2) is 30.8. The Morgan fingerprint density at radius 3 is 1.85 bits per heavy atom. The van der Waals surface area contributed by atoms with Crippen molar-refractivity contribution in [3.63, 3.8) is 0 Å². The number of nitrogens with one attached hydrogen (secondary N) is 1. The predicted octanol–water partition coefficient (Wildman–Crippen LogP) is 6.92. The first-order chi connectivity index (χ1) is 37.8. The summed E-state index contributed by atoms with van der Waals surface area (Å²) in [6.07, 6.45) is 10.2. The number of esters is 2. The molecule has 2 aromatic carbocycles. The highest BCUT2D eigenvalue weighted by molar-refractivity contribution is 7.57. The lowest BCUT2D eigenvalue weighted by Crippen LogP contribution is -2.48. The second-order valence-corrected chi connectivity index (χ2v) is 23.5. The van der Waals surface area contributed by atoms with E-state index in [2.05, 4.69) is 39.8 Å². The number of nitrogen functional groups attached to an aromatic ring is 2. The maximum absolute atomic E-state index is 14.2. The molecule has 6 aromatic rings. The zero-order chi connectivity index (χ0) is 58.7. The molecule has 2 aliphatic rings. The lowest BCUT2D eigenvalue weighted by molar-refractivity contribution is -0.158. The van der Waals surface area contributed by atoms with Gasteiger partial charge in [0.05, 0.1) is 69.4 Å². The number of nitrogens with two attached hydrogens (primary N) is 3. The van der Waals surface area contributed by atoms with E-state index in [9.17, 15) is 18.7 Å². The number of anilines is 2. The van der Waals surface area contributed by atoms with E-state index in [1.807, 2.05) is 13.0 Å². The monoisotopic (exact) mass is 1180 g/mol. The van der Waals surface area contributed by atoms with Crippen LogP contribution in [0.4, 0.5) is 17.3 Å². The minimum absolute atomic E-state index is 0. The first-order valence-electron chi connectivity index (χ1n) is 25.4. The Hall–Kier alpha value is -6.87. The summed E-state index contributed by atoms with van der Waals surface area (Å²) < 4.78 is 61.4. The van der Waals surface area contributed by atoms with Crippen LogP contribution in [0.2, 0.25) is 0 Å². The SMILES string of the molecule is CC(C)(N)C(=O)OC1CCOCC1.C[C@H](Cn1cnc2c(N)ncnc21)OCP(=O)(O)O.Cl.N#Cc1cccc(O)c1.[C-]#[N+]c1cccc(OP(=O)(CO[C@H](C)Cn2cnc3c(N)ncnc32)NC(C)(C)C(=O)OC2CCCCC2)c1. The number of aromatic hydroxyl groups is 1. The van der Waals surface area contributed by atoms with Crippen molar-refractivity contribution in [3.05, 3.63) is 90.8 Å². The molecule has 0 amide bonds. The van der Waals surface area contributed by atoms with Crippen LogP contribution in [0.15, 0.2) is 73.8 Å². The molecule has 8 rings (SSSR count). The molecule has 4 aromatic heterocycles. The molecule has 440 valence electrons. The maximum Gasteiger partial charge on any atom is 0.350 e. The van der Waals surface area contributed by atoms with E-state index in [0.29, 0.717) is 59.9 Å². The Labute approximate surface area is 475 Å². The van der Waals surface area contributed by atoms with Crippen molar-refractivity contribution < 1.29 is 61.8 Å². The summed E-state index contributed by atoms with van der Waals surface area (Å²) in [6.45, 7) is 19.3. The largest absolute Gasteiger partial charge is 0.508 e. The number of halogens is 1. The molecule has 1 saturated carbocycles. The summed E-state index contributed by atoms with van der Waals surface area (Å²) in [5.41, 5.74) is 17.8. The molecule has 1 aliphatic heterocycles. The number of aromatic nitrogens is 8. The van der Waals surface area contributed by atoms with Gasteiger partial charge < -0.3 is 69.4 Å². The zero-order valence-electron chi connectivity index (χ0n) is 45.9. The highest BCUT2D eigenvalue weighted by Crippen LogP contribution is 2.46. The number of nitrogens with zero attached hydrogens (tertiary/aromatic N) is 10. The van der Waals surface area contributed by atoms with Crippen LogP contribution in [0.1, 0.15) is 92.1 Å². The fourth-order valence-corrected chi connectivity index (χ4v) is 10.1. The smallest absolute Gasteiger partial charge is 0.350 e. The van der Waals surface area contributed by atoms with Gasteiger partial charge in [-0.05, 0) is 97.6 Å². The summed E-state index contributed by atoms with van der Waals surface area (Å²) in [5, 5.41) is 20.0. The third kappa shape index (κ3) is 21.8. The van der Waals surface area contributed by atoms with E-state index in [4.69, 9.17) is 72.1 Å². The van der Waals surface area contributed by atoms with Gasteiger partial charge in [0, 0.05) is 12.8 Å². The van der Waals surface area contributed by atoms with Crippen molar-refractivity contribution in [2.24, 2.45) is 5.73 Å². The molecule has 10 N–H and O–H groups in total. The molecular formula is C51H71ClN14O13P2. The number of fused-ring (bicyclic) bond motifs is 2. The first kappa shape index (κ1) is 66.6. The average Bonchev–Trinajstić information content (AvgIpc) is 4.07. The lowest BCUT2D eigenvalue weighted by Gasteiger charge is -2.32. The Morgan fingerprint density at radius 1 is 0.815 bits per heavy atom. The molecule has 3 atom stereocenters. The minimum atomic E-state index is -4.16. The van der Waals surface area contributed by atoms with Gasteiger partial charge >= 0.3 is 27.1 Å². The van der Waals surface area contributed by atoms with Gasteiger partial charge in [0.15, 0.2) is 28.6 Å². The zero-order valence-corrected chi connectivity index (χ0v) is 48.5. The van der Waals surface area contributed by atoms with Gasteiger partial charge in [0.1, 0.15) is 71.2 Å². The second-order valence-electron chi connectivity index (χ2n) is 19.9. The van der Waals surface area contributed by atoms with Gasteiger partial charge in [-0.2, -0.15) is 5.26 Å². The molecule has 2 fully saturated rings. The third-order valence-electron chi connectivity index (χ3n) is 11.8. The summed E-state index contributed by atoms with van der Waals surface area (Å²) in [6, 6.07) is 14.5. The number of rotatable bonds is 18. The number of benzene rings is 2. The topological polar surface area (TPSA) is 390 Å². The molecule has 81 heavy (non-hydrogen) atoms. The number of carbonyl (C=O) groups excluding carboxylic acids is 2. The molecule has 1 saturated heterocycles. The summed E-state index contributed by atoms with van der Waals surface area (Å²) >= 11 is 0. The van der Waals surface area contributed by atoms with Gasteiger partial charge in [-0.3, -0.25) is 18.7 Å². The van der Waals surface area contributed by atoms with Crippen LogP contribution >= 0.6 is 27.5 Å².